The number of nitrogens with one attached hydrogen (secondary N) is 6. The van der Waals surface area contributed by atoms with Gasteiger partial charge in [-0.2, -0.15) is 0 Å². The van der Waals surface area contributed by atoms with Crippen molar-refractivity contribution < 1.29 is 38.7 Å². The van der Waals surface area contributed by atoms with E-state index >= 15 is 0 Å². The summed E-state index contributed by atoms with van der Waals surface area (Å²) < 4.78 is 0. The van der Waals surface area contributed by atoms with Crippen LogP contribution in [0.1, 0.15) is 27.7 Å². The highest BCUT2D eigenvalue weighted by Gasteiger charge is 2.20. The Morgan fingerprint density at radius 1 is 0.606 bits per heavy atom. The van der Waals surface area contributed by atoms with Crippen molar-refractivity contribution in [3.05, 3.63) is 0 Å². The molecule has 0 rings (SSSR count). The van der Waals surface area contributed by atoms with Crippen molar-refractivity contribution in [1.82, 2.24) is 31.9 Å². The maximum Gasteiger partial charge on any atom is 0.325 e. The zero-order valence-corrected chi connectivity index (χ0v) is 18.8. The zero-order valence-electron chi connectivity index (χ0n) is 18.8. The number of aliphatic carboxylic acids is 1. The molecule has 0 aromatic rings. The zero-order chi connectivity index (χ0) is 25.7. The molecular weight excluding hydrogens is 442 g/mol. The molecule has 0 saturated carbocycles. The standard InChI is InChI=1S/C18H31N7O8/c1-8(19)15(29)20-5-12(26)23-9(2)16(30)21-6-13(27)24-10(3)17(31)22-7-14(28)25-11(4)18(32)33/h8-11H,5-7,19H2,1-4H3,(H,20,29)(H,21,30)(H,22,31)(H,23,26)(H,24,27)(H,25,28)(H,32,33). The van der Waals surface area contributed by atoms with Crippen LogP contribution in [0.15, 0.2) is 0 Å². The van der Waals surface area contributed by atoms with Crippen LogP contribution in [0.25, 0.3) is 0 Å². The maximum absolute atomic E-state index is 12.0. The minimum atomic E-state index is -1.24. The Balaban J connectivity index is 4.29. The molecule has 15 heteroatoms. The quantitative estimate of drug-likeness (QED) is 0.128. The molecule has 0 spiro atoms. The van der Waals surface area contributed by atoms with Crippen LogP contribution >= 0.6 is 0 Å². The van der Waals surface area contributed by atoms with Gasteiger partial charge in [-0.15, -0.1) is 0 Å². The minimum absolute atomic E-state index is 0.377. The normalized spacial score (nSPS) is 13.8. The van der Waals surface area contributed by atoms with Gasteiger partial charge in [-0.3, -0.25) is 33.6 Å². The number of carboxylic acids is 1. The Morgan fingerprint density at radius 3 is 1.21 bits per heavy atom. The van der Waals surface area contributed by atoms with Crippen molar-refractivity contribution in [3.63, 3.8) is 0 Å². The number of amides is 6. The van der Waals surface area contributed by atoms with Gasteiger partial charge in [0.25, 0.3) is 0 Å². The fraction of sp³-hybridized carbons (Fsp3) is 0.611. The van der Waals surface area contributed by atoms with Gasteiger partial charge in [0.05, 0.1) is 25.7 Å². The molecule has 0 radical (unpaired) electrons. The molecule has 9 N–H and O–H groups in total. The van der Waals surface area contributed by atoms with Gasteiger partial charge >= 0.3 is 5.97 Å². The lowest BCUT2D eigenvalue weighted by Gasteiger charge is -2.17. The van der Waals surface area contributed by atoms with Gasteiger partial charge in [-0.25, -0.2) is 0 Å². The van der Waals surface area contributed by atoms with Crippen LogP contribution in [0.2, 0.25) is 0 Å². The van der Waals surface area contributed by atoms with Crippen molar-refractivity contribution in [3.8, 4) is 0 Å². The predicted molar refractivity (Wildman–Crippen MR) is 113 cm³/mol. The Bertz CT molecular complexity index is 771. The maximum atomic E-state index is 12.0. The molecule has 0 aliphatic heterocycles. The first-order chi connectivity index (χ1) is 15.2. The van der Waals surface area contributed by atoms with Crippen LogP contribution in [0.4, 0.5) is 0 Å². The molecule has 0 aliphatic carbocycles. The van der Waals surface area contributed by atoms with Gasteiger partial charge in [0.15, 0.2) is 0 Å². The Morgan fingerprint density at radius 2 is 0.909 bits per heavy atom. The molecule has 0 saturated heterocycles. The number of rotatable bonds is 13. The van der Waals surface area contributed by atoms with E-state index in [-0.39, 0.29) is 6.54 Å². The summed E-state index contributed by atoms with van der Waals surface area (Å²) in [6, 6.07) is -3.98. The van der Waals surface area contributed by atoms with Gasteiger partial charge in [0.1, 0.15) is 18.1 Å². The van der Waals surface area contributed by atoms with Crippen LogP contribution in [0.3, 0.4) is 0 Å². The number of carboxylic acid groups (broad SMARTS) is 1. The molecule has 0 bridgehead atoms. The molecule has 0 aromatic heterocycles. The topological polar surface area (TPSA) is 238 Å². The van der Waals surface area contributed by atoms with Crippen molar-refractivity contribution in [2.24, 2.45) is 5.73 Å². The summed E-state index contributed by atoms with van der Waals surface area (Å²) in [5.41, 5.74) is 5.34. The third kappa shape index (κ3) is 12.6. The molecule has 6 amide bonds. The summed E-state index contributed by atoms with van der Waals surface area (Å²) in [4.78, 5) is 81.1. The predicted octanol–water partition coefficient (Wildman–Crippen LogP) is -4.72. The number of hydrogen-bond acceptors (Lipinski definition) is 8. The van der Waals surface area contributed by atoms with E-state index in [9.17, 15) is 33.6 Å². The summed E-state index contributed by atoms with van der Waals surface area (Å²) >= 11 is 0. The number of carbonyl (C=O) groups is 7. The number of hydrogen-bond donors (Lipinski definition) is 8. The van der Waals surface area contributed by atoms with E-state index < -0.39 is 78.7 Å². The molecule has 0 aromatic carbocycles. The second-order valence-corrected chi connectivity index (χ2v) is 7.15. The van der Waals surface area contributed by atoms with Crippen LogP contribution in [0.5, 0.6) is 0 Å². The highest BCUT2D eigenvalue weighted by atomic mass is 16.4. The van der Waals surface area contributed by atoms with E-state index in [0.29, 0.717) is 0 Å². The van der Waals surface area contributed by atoms with Crippen LogP contribution in [-0.2, 0) is 33.6 Å². The lowest BCUT2D eigenvalue weighted by molar-refractivity contribution is -0.141. The first kappa shape index (κ1) is 29.2. The van der Waals surface area contributed by atoms with Crippen molar-refractivity contribution in [2.75, 3.05) is 19.6 Å². The van der Waals surface area contributed by atoms with E-state index in [4.69, 9.17) is 10.8 Å². The number of carbonyl (C=O) groups excluding carboxylic acids is 6. The summed E-state index contributed by atoms with van der Waals surface area (Å²) in [5.74, 6) is -5.23. The minimum Gasteiger partial charge on any atom is -0.480 e. The highest BCUT2D eigenvalue weighted by molar-refractivity contribution is 5.94. The van der Waals surface area contributed by atoms with E-state index in [1.54, 1.807) is 0 Å². The smallest absolute Gasteiger partial charge is 0.325 e. The van der Waals surface area contributed by atoms with Gasteiger partial charge in [-0.05, 0) is 27.7 Å². The summed E-state index contributed by atoms with van der Waals surface area (Å²) in [6.07, 6.45) is 0. The first-order valence-corrected chi connectivity index (χ1v) is 9.94. The lowest BCUT2D eigenvalue weighted by Crippen LogP contribution is -2.52. The van der Waals surface area contributed by atoms with Crippen LogP contribution in [-0.4, -0.2) is 90.3 Å². The van der Waals surface area contributed by atoms with Crippen molar-refractivity contribution >= 4 is 41.4 Å². The second kappa shape index (κ2) is 14.3. The molecule has 0 heterocycles. The fourth-order valence-corrected chi connectivity index (χ4v) is 2.04. The highest BCUT2D eigenvalue weighted by Crippen LogP contribution is 1.86. The number of nitrogens with two attached hydrogens (primary N) is 1. The Hall–Kier alpha value is -3.75. The summed E-state index contributed by atoms with van der Waals surface area (Å²) in [7, 11) is 0. The SMILES string of the molecule is CC(N)C(=O)NCC(=O)NC(C)C(=O)NCC(=O)NC(C)C(=O)NCC(=O)NC(C)C(=O)O. The van der Waals surface area contributed by atoms with E-state index in [1.165, 1.54) is 27.7 Å². The summed E-state index contributed by atoms with van der Waals surface area (Å²) in [6.45, 7) is 4.05. The summed E-state index contributed by atoms with van der Waals surface area (Å²) in [5, 5.41) is 22.3. The Labute approximate surface area is 190 Å². The van der Waals surface area contributed by atoms with Gasteiger partial charge < -0.3 is 42.7 Å². The van der Waals surface area contributed by atoms with Gasteiger partial charge in [-0.1, -0.05) is 0 Å². The molecule has 186 valence electrons. The molecule has 15 nitrogen and oxygen atoms in total. The molecular formula is C18H31N7O8. The average molecular weight is 473 g/mol. The second-order valence-electron chi connectivity index (χ2n) is 7.15. The fourth-order valence-electron chi connectivity index (χ4n) is 2.04. The van der Waals surface area contributed by atoms with Gasteiger partial charge in [0.2, 0.25) is 35.4 Å². The van der Waals surface area contributed by atoms with E-state index in [0.717, 1.165) is 0 Å². The lowest BCUT2D eigenvalue weighted by atomic mass is 10.3. The molecule has 4 unspecified atom stereocenters. The molecule has 0 aliphatic rings. The van der Waals surface area contributed by atoms with Crippen LogP contribution < -0.4 is 37.6 Å². The monoisotopic (exact) mass is 473 g/mol. The van der Waals surface area contributed by atoms with Crippen LogP contribution in [0, 0.1) is 0 Å². The average Bonchev–Trinajstić information content (AvgIpc) is 2.73. The first-order valence-electron chi connectivity index (χ1n) is 9.94. The third-order valence-electron chi connectivity index (χ3n) is 3.97. The van der Waals surface area contributed by atoms with Crippen molar-refractivity contribution in [2.45, 2.75) is 51.9 Å². The largest absolute Gasteiger partial charge is 0.480 e. The molecule has 0 fully saturated rings. The van der Waals surface area contributed by atoms with Crippen molar-refractivity contribution in [1.29, 1.82) is 0 Å². The Kier molecular flexibility index (Phi) is 12.7. The third-order valence-corrected chi connectivity index (χ3v) is 3.97. The molecule has 4 atom stereocenters. The van der Waals surface area contributed by atoms with E-state index in [1.807, 2.05) is 0 Å². The van der Waals surface area contributed by atoms with E-state index in [2.05, 4.69) is 31.9 Å². The molecule has 33 heavy (non-hydrogen) atoms. The van der Waals surface area contributed by atoms with Gasteiger partial charge in [0, 0.05) is 0 Å².